The predicted octanol–water partition coefficient (Wildman–Crippen LogP) is 3.24. The van der Waals surface area contributed by atoms with Gasteiger partial charge in [-0.15, -0.1) is 11.3 Å². The van der Waals surface area contributed by atoms with Crippen LogP contribution in [0.2, 0.25) is 0 Å². The van der Waals surface area contributed by atoms with Gasteiger partial charge in [-0.1, -0.05) is 6.92 Å². The Labute approximate surface area is 123 Å². The quantitative estimate of drug-likeness (QED) is 0.820. The minimum atomic E-state index is 0.693. The maximum absolute atomic E-state index is 4.62. The van der Waals surface area contributed by atoms with Crippen molar-refractivity contribution in [3.63, 3.8) is 0 Å². The van der Waals surface area contributed by atoms with E-state index in [1.807, 2.05) is 17.8 Å². The van der Waals surface area contributed by atoms with Crippen molar-refractivity contribution in [3.8, 4) is 0 Å². The number of hydrogen-bond donors (Lipinski definition) is 2. The molecule has 2 aromatic rings. The van der Waals surface area contributed by atoms with E-state index in [0.717, 1.165) is 48.1 Å². The standard InChI is InChI=1S/C14H21N5S/c1-4-6-12-18-13(15-5-2)10(3)14(19-12)16-7-11-8-20-9-17-11/h8-9H,4-7H2,1-3H3,(H2,15,16,18,19). The molecule has 0 atom stereocenters. The molecule has 0 aromatic carbocycles. The first-order chi connectivity index (χ1) is 9.74. The summed E-state index contributed by atoms with van der Waals surface area (Å²) < 4.78 is 0. The van der Waals surface area contributed by atoms with Gasteiger partial charge >= 0.3 is 0 Å². The number of thiazole rings is 1. The minimum absolute atomic E-state index is 0.693. The van der Waals surface area contributed by atoms with Gasteiger partial charge in [0.15, 0.2) is 0 Å². The smallest absolute Gasteiger partial charge is 0.135 e. The van der Waals surface area contributed by atoms with Gasteiger partial charge in [-0.25, -0.2) is 15.0 Å². The van der Waals surface area contributed by atoms with Crippen LogP contribution in [0.5, 0.6) is 0 Å². The summed E-state index contributed by atoms with van der Waals surface area (Å²) in [6.45, 7) is 7.80. The van der Waals surface area contributed by atoms with Crippen molar-refractivity contribution in [1.82, 2.24) is 15.0 Å². The van der Waals surface area contributed by atoms with Crippen LogP contribution in [0.15, 0.2) is 10.9 Å². The van der Waals surface area contributed by atoms with Gasteiger partial charge in [0.25, 0.3) is 0 Å². The van der Waals surface area contributed by atoms with Crippen LogP contribution in [0.1, 0.15) is 37.4 Å². The van der Waals surface area contributed by atoms with Crippen LogP contribution in [0.3, 0.4) is 0 Å². The fraction of sp³-hybridized carbons (Fsp3) is 0.500. The Bertz CT molecular complexity index is 539. The predicted molar refractivity (Wildman–Crippen MR) is 84.4 cm³/mol. The zero-order valence-corrected chi connectivity index (χ0v) is 13.0. The second-order valence-corrected chi connectivity index (χ2v) is 5.29. The molecule has 0 aliphatic carbocycles. The molecule has 6 heteroatoms. The summed E-state index contributed by atoms with van der Waals surface area (Å²) in [6.07, 6.45) is 1.93. The van der Waals surface area contributed by atoms with E-state index in [1.54, 1.807) is 11.3 Å². The van der Waals surface area contributed by atoms with Crippen molar-refractivity contribution >= 4 is 23.0 Å². The van der Waals surface area contributed by atoms with Gasteiger partial charge in [0.1, 0.15) is 17.5 Å². The Morgan fingerprint density at radius 3 is 2.50 bits per heavy atom. The summed E-state index contributed by atoms with van der Waals surface area (Å²) in [5.74, 6) is 2.70. The van der Waals surface area contributed by atoms with Crippen LogP contribution < -0.4 is 10.6 Å². The van der Waals surface area contributed by atoms with Crippen LogP contribution in [0.4, 0.5) is 11.6 Å². The molecular weight excluding hydrogens is 270 g/mol. The van der Waals surface area contributed by atoms with Gasteiger partial charge < -0.3 is 10.6 Å². The van der Waals surface area contributed by atoms with Crippen molar-refractivity contribution in [3.05, 3.63) is 28.0 Å². The first kappa shape index (κ1) is 14.7. The Balaban J connectivity index is 2.20. The molecule has 108 valence electrons. The molecule has 0 aliphatic rings. The van der Waals surface area contributed by atoms with Crippen molar-refractivity contribution in [2.24, 2.45) is 0 Å². The molecule has 2 heterocycles. The molecule has 2 aromatic heterocycles. The number of aryl methyl sites for hydroxylation is 1. The van der Waals surface area contributed by atoms with Crippen molar-refractivity contribution in [2.75, 3.05) is 17.2 Å². The molecule has 0 spiro atoms. The Morgan fingerprint density at radius 2 is 1.90 bits per heavy atom. The zero-order chi connectivity index (χ0) is 14.4. The Hall–Kier alpha value is -1.69. The van der Waals surface area contributed by atoms with Crippen LogP contribution in [-0.4, -0.2) is 21.5 Å². The first-order valence-corrected chi connectivity index (χ1v) is 7.91. The van der Waals surface area contributed by atoms with E-state index in [9.17, 15) is 0 Å². The highest BCUT2D eigenvalue weighted by Gasteiger charge is 2.10. The molecule has 2 N–H and O–H groups in total. The minimum Gasteiger partial charge on any atom is -0.370 e. The average molecular weight is 291 g/mol. The summed E-state index contributed by atoms with van der Waals surface area (Å²) >= 11 is 1.61. The highest BCUT2D eigenvalue weighted by molar-refractivity contribution is 7.07. The van der Waals surface area contributed by atoms with Crippen molar-refractivity contribution in [1.29, 1.82) is 0 Å². The molecule has 0 amide bonds. The summed E-state index contributed by atoms with van der Waals surface area (Å²) in [7, 11) is 0. The summed E-state index contributed by atoms with van der Waals surface area (Å²) in [6, 6.07) is 0. The molecule has 5 nitrogen and oxygen atoms in total. The van der Waals surface area contributed by atoms with Crippen molar-refractivity contribution < 1.29 is 0 Å². The van der Waals surface area contributed by atoms with Crippen LogP contribution in [0, 0.1) is 6.92 Å². The molecule has 20 heavy (non-hydrogen) atoms. The van der Waals surface area contributed by atoms with Crippen LogP contribution >= 0.6 is 11.3 Å². The van der Waals surface area contributed by atoms with Gasteiger partial charge in [0.2, 0.25) is 0 Å². The third-order valence-corrected chi connectivity index (χ3v) is 3.57. The van der Waals surface area contributed by atoms with Crippen LogP contribution in [0.25, 0.3) is 0 Å². The van der Waals surface area contributed by atoms with E-state index in [0.29, 0.717) is 6.54 Å². The van der Waals surface area contributed by atoms with E-state index in [2.05, 4.69) is 39.4 Å². The Kier molecular flexibility index (Phi) is 5.29. The maximum atomic E-state index is 4.62. The molecule has 2 rings (SSSR count). The third-order valence-electron chi connectivity index (χ3n) is 2.93. The summed E-state index contributed by atoms with van der Waals surface area (Å²) in [5.41, 5.74) is 3.94. The monoisotopic (exact) mass is 291 g/mol. The SMILES string of the molecule is CCCc1nc(NCC)c(C)c(NCc2cscn2)n1. The van der Waals surface area contributed by atoms with E-state index >= 15 is 0 Å². The fourth-order valence-electron chi connectivity index (χ4n) is 1.91. The molecule has 0 unspecified atom stereocenters. The second kappa shape index (κ2) is 7.19. The molecule has 0 aliphatic heterocycles. The lowest BCUT2D eigenvalue weighted by atomic mass is 10.2. The summed E-state index contributed by atoms with van der Waals surface area (Å²) in [5, 5.41) is 8.71. The average Bonchev–Trinajstić information content (AvgIpc) is 2.94. The van der Waals surface area contributed by atoms with E-state index in [4.69, 9.17) is 0 Å². The summed E-state index contributed by atoms with van der Waals surface area (Å²) in [4.78, 5) is 13.5. The van der Waals surface area contributed by atoms with E-state index in [-0.39, 0.29) is 0 Å². The maximum Gasteiger partial charge on any atom is 0.135 e. The van der Waals surface area contributed by atoms with Gasteiger partial charge in [0.05, 0.1) is 17.7 Å². The number of aromatic nitrogens is 3. The lowest BCUT2D eigenvalue weighted by Gasteiger charge is -2.14. The lowest BCUT2D eigenvalue weighted by Crippen LogP contribution is -2.11. The molecule has 0 radical (unpaired) electrons. The molecule has 0 saturated carbocycles. The van der Waals surface area contributed by atoms with Gasteiger partial charge in [0, 0.05) is 23.9 Å². The van der Waals surface area contributed by atoms with Gasteiger partial charge in [-0.3, -0.25) is 0 Å². The fourth-order valence-corrected chi connectivity index (χ4v) is 2.47. The molecule has 0 saturated heterocycles. The van der Waals surface area contributed by atoms with Gasteiger partial charge in [-0.2, -0.15) is 0 Å². The number of nitrogens with one attached hydrogen (secondary N) is 2. The third kappa shape index (κ3) is 3.66. The van der Waals surface area contributed by atoms with Crippen molar-refractivity contribution in [2.45, 2.75) is 40.2 Å². The molecule has 0 fully saturated rings. The second-order valence-electron chi connectivity index (χ2n) is 4.58. The number of hydrogen-bond acceptors (Lipinski definition) is 6. The van der Waals surface area contributed by atoms with E-state index < -0.39 is 0 Å². The van der Waals surface area contributed by atoms with Gasteiger partial charge in [-0.05, 0) is 20.3 Å². The highest BCUT2D eigenvalue weighted by Crippen LogP contribution is 2.21. The highest BCUT2D eigenvalue weighted by atomic mass is 32.1. The number of rotatable bonds is 7. The number of anilines is 2. The Morgan fingerprint density at radius 1 is 1.15 bits per heavy atom. The molecular formula is C14H21N5S. The normalized spacial score (nSPS) is 10.6. The lowest BCUT2D eigenvalue weighted by molar-refractivity contribution is 0.829. The number of nitrogens with zero attached hydrogens (tertiary/aromatic N) is 3. The topological polar surface area (TPSA) is 62.7 Å². The van der Waals surface area contributed by atoms with E-state index in [1.165, 1.54) is 0 Å². The largest absolute Gasteiger partial charge is 0.370 e. The van der Waals surface area contributed by atoms with Crippen LogP contribution in [-0.2, 0) is 13.0 Å². The first-order valence-electron chi connectivity index (χ1n) is 6.96. The zero-order valence-electron chi connectivity index (χ0n) is 12.2. The molecule has 0 bridgehead atoms.